The Balaban J connectivity index is 2.50. The molecule has 0 heterocycles. The van der Waals surface area contributed by atoms with Gasteiger partial charge in [0.15, 0.2) is 5.96 Å². The third-order valence-electron chi connectivity index (χ3n) is 4.09. The SMILES string of the molecule is CN=C(NCc1cccc(OCCN(C)C)c1)NCC(OC)C(C)(C)C. The molecule has 6 nitrogen and oxygen atoms in total. The predicted molar refractivity (Wildman–Crippen MR) is 109 cm³/mol. The van der Waals surface area contributed by atoms with Gasteiger partial charge in [-0.1, -0.05) is 32.9 Å². The van der Waals surface area contributed by atoms with Gasteiger partial charge in [-0.05, 0) is 37.2 Å². The molecule has 0 radical (unpaired) electrons. The number of guanidine groups is 1. The minimum Gasteiger partial charge on any atom is -0.492 e. The summed E-state index contributed by atoms with van der Waals surface area (Å²) in [6.45, 7) is 9.46. The van der Waals surface area contributed by atoms with Gasteiger partial charge in [0.25, 0.3) is 0 Å². The molecule has 0 aliphatic carbocycles. The van der Waals surface area contributed by atoms with Crippen LogP contribution in [0.25, 0.3) is 0 Å². The lowest BCUT2D eigenvalue weighted by Gasteiger charge is -2.30. The second-order valence-corrected chi connectivity index (χ2v) is 7.70. The molecule has 0 saturated heterocycles. The highest BCUT2D eigenvalue weighted by atomic mass is 16.5. The highest BCUT2D eigenvalue weighted by molar-refractivity contribution is 5.79. The average molecular weight is 365 g/mol. The van der Waals surface area contributed by atoms with E-state index in [-0.39, 0.29) is 11.5 Å². The van der Waals surface area contributed by atoms with Crippen LogP contribution in [0.15, 0.2) is 29.3 Å². The standard InChI is InChI=1S/C20H36N4O2/c1-20(2,3)18(25-7)15-23-19(21-4)22-14-16-9-8-10-17(13-16)26-12-11-24(5)6/h8-10,13,18H,11-12,14-15H2,1-7H3,(H2,21,22,23). The van der Waals surface area contributed by atoms with Gasteiger partial charge in [-0.25, -0.2) is 0 Å². The van der Waals surface area contributed by atoms with Crippen molar-refractivity contribution >= 4 is 5.96 Å². The van der Waals surface area contributed by atoms with Crippen molar-refractivity contribution in [3.8, 4) is 5.75 Å². The summed E-state index contributed by atoms with van der Waals surface area (Å²) in [5, 5.41) is 6.67. The zero-order chi connectivity index (χ0) is 19.6. The molecule has 0 bridgehead atoms. The second-order valence-electron chi connectivity index (χ2n) is 7.70. The molecule has 1 rings (SSSR count). The molecule has 0 amide bonds. The molecule has 1 aromatic rings. The number of benzene rings is 1. The minimum atomic E-state index is 0.0683. The molecule has 0 aliphatic rings. The van der Waals surface area contributed by atoms with E-state index >= 15 is 0 Å². The lowest BCUT2D eigenvalue weighted by molar-refractivity contribution is 0.0205. The van der Waals surface area contributed by atoms with Crippen LogP contribution in [0.3, 0.4) is 0 Å². The normalized spacial score (nSPS) is 13.6. The molecule has 0 spiro atoms. The van der Waals surface area contributed by atoms with Crippen molar-refractivity contribution in [3.05, 3.63) is 29.8 Å². The number of hydrogen-bond acceptors (Lipinski definition) is 4. The van der Waals surface area contributed by atoms with Crippen molar-refractivity contribution in [1.82, 2.24) is 15.5 Å². The van der Waals surface area contributed by atoms with Gasteiger partial charge in [0.05, 0.1) is 6.10 Å². The van der Waals surface area contributed by atoms with E-state index < -0.39 is 0 Å². The first-order valence-corrected chi connectivity index (χ1v) is 9.10. The summed E-state index contributed by atoms with van der Waals surface area (Å²) in [4.78, 5) is 6.39. The van der Waals surface area contributed by atoms with Crippen LogP contribution in [-0.2, 0) is 11.3 Å². The minimum absolute atomic E-state index is 0.0683. The van der Waals surface area contributed by atoms with Crippen LogP contribution in [0.5, 0.6) is 5.75 Å². The zero-order valence-corrected chi connectivity index (χ0v) is 17.4. The molecule has 0 saturated carbocycles. The van der Waals surface area contributed by atoms with Gasteiger partial charge in [0, 0.05) is 33.8 Å². The first-order chi connectivity index (χ1) is 12.3. The highest BCUT2D eigenvalue weighted by Gasteiger charge is 2.24. The quantitative estimate of drug-likeness (QED) is 0.520. The molecular formula is C20H36N4O2. The number of ether oxygens (including phenoxy) is 2. The molecule has 1 aromatic carbocycles. The number of likely N-dealkylation sites (N-methyl/N-ethyl adjacent to an activating group) is 1. The number of aliphatic imine (C=N–C) groups is 1. The Bertz CT molecular complexity index is 553. The van der Waals surface area contributed by atoms with Crippen molar-refractivity contribution in [2.24, 2.45) is 10.4 Å². The van der Waals surface area contributed by atoms with Crippen molar-refractivity contribution < 1.29 is 9.47 Å². The summed E-state index contributed by atoms with van der Waals surface area (Å²) in [6, 6.07) is 8.13. The number of hydrogen-bond donors (Lipinski definition) is 2. The van der Waals surface area contributed by atoms with E-state index in [2.05, 4.69) is 53.4 Å². The Hall–Kier alpha value is -1.79. The van der Waals surface area contributed by atoms with Crippen molar-refractivity contribution in [2.75, 3.05) is 47.9 Å². The third-order valence-corrected chi connectivity index (χ3v) is 4.09. The first kappa shape index (κ1) is 22.3. The van der Waals surface area contributed by atoms with Crippen LogP contribution in [0.1, 0.15) is 26.3 Å². The van der Waals surface area contributed by atoms with Crippen LogP contribution in [-0.4, -0.2) is 64.9 Å². The van der Waals surface area contributed by atoms with Gasteiger partial charge in [0.1, 0.15) is 12.4 Å². The molecule has 1 unspecified atom stereocenters. The molecule has 2 N–H and O–H groups in total. The summed E-state index contributed by atoms with van der Waals surface area (Å²) >= 11 is 0. The van der Waals surface area contributed by atoms with Gasteiger partial charge in [-0.15, -0.1) is 0 Å². The Morgan fingerprint density at radius 2 is 1.96 bits per heavy atom. The van der Waals surface area contributed by atoms with Crippen LogP contribution in [0.2, 0.25) is 0 Å². The fourth-order valence-electron chi connectivity index (χ4n) is 2.43. The fourth-order valence-corrected chi connectivity index (χ4v) is 2.43. The Kier molecular flexibility index (Phi) is 9.44. The molecule has 1 atom stereocenters. The summed E-state index contributed by atoms with van der Waals surface area (Å²) in [5.74, 6) is 1.65. The average Bonchev–Trinajstić information content (AvgIpc) is 2.57. The van der Waals surface area contributed by atoms with Crippen molar-refractivity contribution in [3.63, 3.8) is 0 Å². The van der Waals surface area contributed by atoms with Crippen LogP contribution in [0, 0.1) is 5.41 Å². The topological polar surface area (TPSA) is 58.1 Å². The lowest BCUT2D eigenvalue weighted by atomic mass is 9.89. The third kappa shape index (κ3) is 8.54. The largest absolute Gasteiger partial charge is 0.492 e. The van der Waals surface area contributed by atoms with E-state index in [0.29, 0.717) is 19.7 Å². The fraction of sp³-hybridized carbons (Fsp3) is 0.650. The first-order valence-electron chi connectivity index (χ1n) is 9.10. The molecule has 0 aromatic heterocycles. The lowest BCUT2D eigenvalue weighted by Crippen LogP contribution is -2.45. The zero-order valence-electron chi connectivity index (χ0n) is 17.4. The molecule has 26 heavy (non-hydrogen) atoms. The van der Waals surface area contributed by atoms with E-state index in [4.69, 9.17) is 9.47 Å². The molecule has 6 heteroatoms. The summed E-state index contributed by atoms with van der Waals surface area (Å²) in [7, 11) is 7.59. The number of nitrogens with zero attached hydrogens (tertiary/aromatic N) is 2. The van der Waals surface area contributed by atoms with Crippen LogP contribution >= 0.6 is 0 Å². The van der Waals surface area contributed by atoms with Gasteiger partial charge < -0.3 is 25.0 Å². The maximum absolute atomic E-state index is 5.79. The predicted octanol–water partition coefficient (Wildman–Crippen LogP) is 2.35. The van der Waals surface area contributed by atoms with Crippen molar-refractivity contribution in [2.45, 2.75) is 33.4 Å². The van der Waals surface area contributed by atoms with E-state index in [1.54, 1.807) is 14.2 Å². The van der Waals surface area contributed by atoms with E-state index in [0.717, 1.165) is 23.8 Å². The number of nitrogens with one attached hydrogen (secondary N) is 2. The Morgan fingerprint density at radius 1 is 1.23 bits per heavy atom. The number of methoxy groups -OCH3 is 1. The van der Waals surface area contributed by atoms with Gasteiger partial charge in [-0.2, -0.15) is 0 Å². The molecule has 148 valence electrons. The van der Waals surface area contributed by atoms with Gasteiger partial charge >= 0.3 is 0 Å². The van der Waals surface area contributed by atoms with Gasteiger partial charge in [0.2, 0.25) is 0 Å². The van der Waals surface area contributed by atoms with E-state index in [9.17, 15) is 0 Å². The molecular weight excluding hydrogens is 328 g/mol. The Labute approximate surface area is 159 Å². The maximum Gasteiger partial charge on any atom is 0.191 e. The molecule has 0 aliphatic heterocycles. The number of rotatable bonds is 9. The van der Waals surface area contributed by atoms with Crippen molar-refractivity contribution in [1.29, 1.82) is 0 Å². The van der Waals surface area contributed by atoms with Crippen LogP contribution < -0.4 is 15.4 Å². The van der Waals surface area contributed by atoms with Gasteiger partial charge in [-0.3, -0.25) is 4.99 Å². The van der Waals surface area contributed by atoms with E-state index in [1.165, 1.54) is 0 Å². The maximum atomic E-state index is 5.79. The van der Waals surface area contributed by atoms with Crippen LogP contribution in [0.4, 0.5) is 0 Å². The highest BCUT2D eigenvalue weighted by Crippen LogP contribution is 2.20. The summed E-state index contributed by atoms with van der Waals surface area (Å²) in [6.07, 6.45) is 0.106. The Morgan fingerprint density at radius 3 is 2.54 bits per heavy atom. The summed E-state index contributed by atoms with van der Waals surface area (Å²) < 4.78 is 11.4. The molecule has 0 fully saturated rings. The smallest absolute Gasteiger partial charge is 0.191 e. The monoisotopic (exact) mass is 364 g/mol. The van der Waals surface area contributed by atoms with E-state index in [1.807, 2.05) is 26.2 Å². The second kappa shape index (κ2) is 11.0. The summed E-state index contributed by atoms with van der Waals surface area (Å²) in [5.41, 5.74) is 1.22.